The Bertz CT molecular complexity index is 532. The Hall–Kier alpha value is -1.84. The van der Waals surface area contributed by atoms with E-state index in [9.17, 15) is 9.59 Å². The highest BCUT2D eigenvalue weighted by atomic mass is 16.2. The number of hydrogen-bond donors (Lipinski definition) is 1. The van der Waals surface area contributed by atoms with Gasteiger partial charge in [-0.15, -0.1) is 0 Å². The van der Waals surface area contributed by atoms with Crippen molar-refractivity contribution in [2.45, 2.75) is 52.4 Å². The number of nitrogens with one attached hydrogen (secondary N) is 1. The van der Waals surface area contributed by atoms with E-state index in [0.717, 1.165) is 12.8 Å². The van der Waals surface area contributed by atoms with E-state index in [1.54, 1.807) is 17.0 Å². The number of hydrogen-bond acceptors (Lipinski definition) is 2. The molecular formula is C19H28N2O2. The first-order chi connectivity index (χ1) is 11.1. The molecule has 0 atom stereocenters. The molecule has 0 unspecified atom stereocenters. The molecule has 1 saturated carbocycles. The minimum atomic E-state index is 0.0124. The van der Waals surface area contributed by atoms with E-state index in [1.165, 1.54) is 19.3 Å². The molecule has 1 aromatic carbocycles. The maximum atomic E-state index is 12.4. The lowest BCUT2D eigenvalue weighted by Crippen LogP contribution is -2.30. The molecule has 1 aliphatic rings. The molecule has 0 heterocycles. The average molecular weight is 316 g/mol. The molecule has 0 radical (unpaired) electrons. The van der Waals surface area contributed by atoms with Crippen molar-refractivity contribution in [2.24, 2.45) is 5.92 Å². The second kappa shape index (κ2) is 8.70. The first-order valence-electron chi connectivity index (χ1n) is 8.83. The summed E-state index contributed by atoms with van der Waals surface area (Å²) in [4.78, 5) is 26.4. The van der Waals surface area contributed by atoms with E-state index in [0.29, 0.717) is 36.7 Å². The molecule has 0 aliphatic heterocycles. The third-order valence-electron chi connectivity index (χ3n) is 4.64. The largest absolute Gasteiger partial charge is 0.339 e. The standard InChI is InChI=1S/C19H28N2O2/c1-3-21(4-2)19(23)16-11-8-12-17(14-16)20-18(22)13-15-9-6-5-7-10-15/h8,11-12,14-15H,3-7,9-10,13H2,1-2H3,(H,20,22). The second-order valence-corrected chi connectivity index (χ2v) is 6.31. The van der Waals surface area contributed by atoms with Crippen molar-refractivity contribution in [2.75, 3.05) is 18.4 Å². The molecule has 23 heavy (non-hydrogen) atoms. The van der Waals surface area contributed by atoms with Gasteiger partial charge in [0.25, 0.3) is 5.91 Å². The molecule has 4 nitrogen and oxygen atoms in total. The number of amides is 2. The molecule has 0 bridgehead atoms. The normalized spacial score (nSPS) is 15.2. The summed E-state index contributed by atoms with van der Waals surface area (Å²) in [6, 6.07) is 7.25. The molecule has 1 fully saturated rings. The lowest BCUT2D eigenvalue weighted by molar-refractivity contribution is -0.117. The van der Waals surface area contributed by atoms with Crippen LogP contribution in [0.4, 0.5) is 5.69 Å². The van der Waals surface area contributed by atoms with Gasteiger partial charge < -0.3 is 10.2 Å². The maximum absolute atomic E-state index is 12.4. The molecule has 1 aromatic rings. The van der Waals surface area contributed by atoms with Gasteiger partial charge in [-0.3, -0.25) is 9.59 Å². The van der Waals surface area contributed by atoms with Crippen molar-refractivity contribution in [1.29, 1.82) is 0 Å². The quantitative estimate of drug-likeness (QED) is 0.860. The summed E-state index contributed by atoms with van der Waals surface area (Å²) >= 11 is 0. The number of nitrogens with zero attached hydrogens (tertiary/aromatic N) is 1. The van der Waals surface area contributed by atoms with E-state index in [4.69, 9.17) is 0 Å². The molecular weight excluding hydrogens is 288 g/mol. The lowest BCUT2D eigenvalue weighted by Gasteiger charge is -2.21. The first-order valence-corrected chi connectivity index (χ1v) is 8.83. The molecule has 1 N–H and O–H groups in total. The SMILES string of the molecule is CCN(CC)C(=O)c1cccc(NC(=O)CC2CCCCC2)c1. The minimum absolute atomic E-state index is 0.0124. The van der Waals surface area contributed by atoms with Crippen LogP contribution in [0.3, 0.4) is 0 Å². The van der Waals surface area contributed by atoms with Crippen molar-refractivity contribution in [3.8, 4) is 0 Å². The molecule has 2 amide bonds. The molecule has 0 spiro atoms. The smallest absolute Gasteiger partial charge is 0.253 e. The summed E-state index contributed by atoms with van der Waals surface area (Å²) in [5.41, 5.74) is 1.34. The zero-order valence-electron chi connectivity index (χ0n) is 14.3. The fourth-order valence-electron chi connectivity index (χ4n) is 3.29. The highest BCUT2D eigenvalue weighted by Crippen LogP contribution is 2.26. The van der Waals surface area contributed by atoms with Crippen molar-refractivity contribution >= 4 is 17.5 Å². The second-order valence-electron chi connectivity index (χ2n) is 6.31. The number of anilines is 1. The first kappa shape index (κ1) is 17.5. The van der Waals surface area contributed by atoms with Gasteiger partial charge in [0.2, 0.25) is 5.91 Å². The van der Waals surface area contributed by atoms with Gasteiger partial charge in [0.05, 0.1) is 0 Å². The summed E-state index contributed by atoms with van der Waals surface area (Å²) in [6.45, 7) is 5.32. The van der Waals surface area contributed by atoms with Crippen molar-refractivity contribution in [3.05, 3.63) is 29.8 Å². The van der Waals surface area contributed by atoms with Crippen LogP contribution in [0.15, 0.2) is 24.3 Å². The third-order valence-corrected chi connectivity index (χ3v) is 4.64. The Labute approximate surface area is 139 Å². The Morgan fingerprint density at radius 2 is 1.83 bits per heavy atom. The van der Waals surface area contributed by atoms with Crippen LogP contribution in [0.1, 0.15) is 62.7 Å². The van der Waals surface area contributed by atoms with Gasteiger partial charge in [-0.05, 0) is 50.8 Å². The number of carbonyl (C=O) groups excluding carboxylic acids is 2. The van der Waals surface area contributed by atoms with Gasteiger partial charge >= 0.3 is 0 Å². The van der Waals surface area contributed by atoms with E-state index < -0.39 is 0 Å². The third kappa shape index (κ3) is 5.08. The van der Waals surface area contributed by atoms with Crippen molar-refractivity contribution in [1.82, 2.24) is 4.90 Å². The number of rotatable bonds is 6. The molecule has 0 saturated heterocycles. The average Bonchev–Trinajstić information content (AvgIpc) is 2.57. The van der Waals surface area contributed by atoms with Gasteiger partial charge in [-0.1, -0.05) is 25.3 Å². The number of benzene rings is 1. The van der Waals surface area contributed by atoms with Crippen LogP contribution in [-0.4, -0.2) is 29.8 Å². The van der Waals surface area contributed by atoms with Crippen molar-refractivity contribution < 1.29 is 9.59 Å². The van der Waals surface area contributed by atoms with E-state index in [1.807, 2.05) is 26.0 Å². The van der Waals surface area contributed by atoms with Crippen LogP contribution in [0.25, 0.3) is 0 Å². The number of carbonyl (C=O) groups is 2. The predicted molar refractivity (Wildman–Crippen MR) is 93.5 cm³/mol. The van der Waals surface area contributed by atoms with Crippen molar-refractivity contribution in [3.63, 3.8) is 0 Å². The van der Waals surface area contributed by atoms with Gasteiger partial charge in [-0.25, -0.2) is 0 Å². The zero-order chi connectivity index (χ0) is 16.7. The summed E-state index contributed by atoms with van der Waals surface area (Å²) in [7, 11) is 0. The fourth-order valence-corrected chi connectivity index (χ4v) is 3.29. The fraction of sp³-hybridized carbons (Fsp3) is 0.579. The summed E-state index contributed by atoms with van der Waals surface area (Å²) in [5, 5.41) is 2.95. The van der Waals surface area contributed by atoms with Gasteiger partial charge in [0, 0.05) is 30.8 Å². The summed E-state index contributed by atoms with van der Waals surface area (Å²) in [6.07, 6.45) is 6.70. The molecule has 126 valence electrons. The Morgan fingerprint density at radius 1 is 1.13 bits per heavy atom. The van der Waals surface area contributed by atoms with Crippen LogP contribution in [0, 0.1) is 5.92 Å². The van der Waals surface area contributed by atoms with Crippen LogP contribution >= 0.6 is 0 Å². The van der Waals surface area contributed by atoms with E-state index >= 15 is 0 Å². The topological polar surface area (TPSA) is 49.4 Å². The monoisotopic (exact) mass is 316 g/mol. The van der Waals surface area contributed by atoms with Gasteiger partial charge in [0.15, 0.2) is 0 Å². The highest BCUT2D eigenvalue weighted by Gasteiger charge is 2.18. The molecule has 2 rings (SSSR count). The summed E-state index contributed by atoms with van der Waals surface area (Å²) < 4.78 is 0. The van der Waals surface area contributed by atoms with E-state index in [2.05, 4.69) is 5.32 Å². The van der Waals surface area contributed by atoms with Crippen LogP contribution in [-0.2, 0) is 4.79 Å². The Morgan fingerprint density at radius 3 is 2.48 bits per heavy atom. The van der Waals surface area contributed by atoms with Gasteiger partial charge in [-0.2, -0.15) is 0 Å². The molecule has 1 aliphatic carbocycles. The lowest BCUT2D eigenvalue weighted by atomic mass is 9.87. The zero-order valence-corrected chi connectivity index (χ0v) is 14.3. The Balaban J connectivity index is 1.96. The molecule has 4 heteroatoms. The molecule has 0 aromatic heterocycles. The van der Waals surface area contributed by atoms with Crippen LogP contribution < -0.4 is 5.32 Å². The Kier molecular flexibility index (Phi) is 6.63. The predicted octanol–water partition coefficient (Wildman–Crippen LogP) is 4.08. The highest BCUT2D eigenvalue weighted by molar-refractivity contribution is 5.97. The summed E-state index contributed by atoms with van der Waals surface area (Å²) in [5.74, 6) is 0.590. The van der Waals surface area contributed by atoms with Crippen LogP contribution in [0.5, 0.6) is 0 Å². The van der Waals surface area contributed by atoms with E-state index in [-0.39, 0.29) is 11.8 Å². The minimum Gasteiger partial charge on any atom is -0.339 e. The van der Waals surface area contributed by atoms with Crippen LogP contribution in [0.2, 0.25) is 0 Å². The van der Waals surface area contributed by atoms with Gasteiger partial charge in [0.1, 0.15) is 0 Å². The maximum Gasteiger partial charge on any atom is 0.253 e.